The summed E-state index contributed by atoms with van der Waals surface area (Å²) in [5.74, 6) is 2.38. The molecule has 0 spiro atoms. The highest BCUT2D eigenvalue weighted by Gasteiger charge is 2.09. The number of benzene rings is 1. The standard InChI is InChI=1S/C16H20N2O4/c1-11-13(22-12(2)18-11)8-9-17-16(19)10-21-15-7-5-4-6-14(15)20-3/h4-7H,8-10H2,1-3H3,(H,17,19). The Kier molecular flexibility index (Phi) is 5.41. The molecule has 118 valence electrons. The third-order valence-electron chi connectivity index (χ3n) is 3.10. The Morgan fingerprint density at radius 3 is 2.64 bits per heavy atom. The zero-order valence-corrected chi connectivity index (χ0v) is 13.0. The van der Waals surface area contributed by atoms with E-state index in [0.717, 1.165) is 11.5 Å². The Morgan fingerprint density at radius 2 is 2.00 bits per heavy atom. The molecule has 0 fully saturated rings. The number of hydrogen-bond acceptors (Lipinski definition) is 5. The van der Waals surface area contributed by atoms with Crippen molar-refractivity contribution in [2.75, 3.05) is 20.3 Å². The fourth-order valence-electron chi connectivity index (χ4n) is 2.05. The zero-order chi connectivity index (χ0) is 15.9. The lowest BCUT2D eigenvalue weighted by Gasteiger charge is -2.10. The van der Waals surface area contributed by atoms with Gasteiger partial charge >= 0.3 is 0 Å². The monoisotopic (exact) mass is 304 g/mol. The molecule has 6 nitrogen and oxygen atoms in total. The lowest BCUT2D eigenvalue weighted by atomic mass is 10.3. The number of amides is 1. The maximum atomic E-state index is 11.8. The quantitative estimate of drug-likeness (QED) is 0.847. The molecule has 1 heterocycles. The first-order valence-corrected chi connectivity index (χ1v) is 7.05. The van der Waals surface area contributed by atoms with Crippen molar-refractivity contribution in [2.24, 2.45) is 0 Å². The van der Waals surface area contributed by atoms with E-state index in [0.29, 0.717) is 30.4 Å². The Morgan fingerprint density at radius 1 is 1.27 bits per heavy atom. The van der Waals surface area contributed by atoms with Crippen LogP contribution in [0.25, 0.3) is 0 Å². The minimum absolute atomic E-state index is 0.0607. The second kappa shape index (κ2) is 7.49. The SMILES string of the molecule is COc1ccccc1OCC(=O)NCCc1oc(C)nc1C. The third-order valence-corrected chi connectivity index (χ3v) is 3.10. The van der Waals surface area contributed by atoms with Crippen LogP contribution < -0.4 is 14.8 Å². The molecule has 0 bridgehead atoms. The molecule has 1 aromatic heterocycles. The number of rotatable bonds is 7. The van der Waals surface area contributed by atoms with Gasteiger partial charge in [-0.2, -0.15) is 0 Å². The molecule has 2 aromatic rings. The van der Waals surface area contributed by atoms with E-state index >= 15 is 0 Å². The molecule has 2 rings (SSSR count). The summed E-state index contributed by atoms with van der Waals surface area (Å²) in [4.78, 5) is 16.0. The average Bonchev–Trinajstić information content (AvgIpc) is 2.83. The molecule has 0 aliphatic rings. The number of para-hydroxylation sites is 2. The minimum atomic E-state index is -0.195. The van der Waals surface area contributed by atoms with Crippen molar-refractivity contribution in [3.63, 3.8) is 0 Å². The number of aryl methyl sites for hydroxylation is 2. The van der Waals surface area contributed by atoms with Crippen molar-refractivity contribution < 1.29 is 18.7 Å². The molecule has 1 aromatic carbocycles. The van der Waals surface area contributed by atoms with Gasteiger partial charge in [-0.15, -0.1) is 0 Å². The summed E-state index contributed by atoms with van der Waals surface area (Å²) < 4.78 is 16.0. The number of nitrogens with zero attached hydrogens (tertiary/aromatic N) is 1. The van der Waals surface area contributed by atoms with Gasteiger partial charge in [0.1, 0.15) is 5.76 Å². The van der Waals surface area contributed by atoms with E-state index in [1.807, 2.05) is 19.1 Å². The van der Waals surface area contributed by atoms with Crippen LogP contribution in [0.4, 0.5) is 0 Å². The molecule has 0 aliphatic carbocycles. The van der Waals surface area contributed by atoms with Gasteiger partial charge in [-0.05, 0) is 19.1 Å². The van der Waals surface area contributed by atoms with Crippen LogP contribution >= 0.6 is 0 Å². The topological polar surface area (TPSA) is 73.6 Å². The summed E-state index contributed by atoms with van der Waals surface area (Å²) in [5, 5.41) is 2.78. The van der Waals surface area contributed by atoms with Crippen LogP contribution in [0.5, 0.6) is 11.5 Å². The number of aromatic nitrogens is 1. The normalized spacial score (nSPS) is 10.3. The first-order valence-electron chi connectivity index (χ1n) is 7.05. The van der Waals surface area contributed by atoms with Crippen LogP contribution in [-0.2, 0) is 11.2 Å². The van der Waals surface area contributed by atoms with E-state index in [-0.39, 0.29) is 12.5 Å². The van der Waals surface area contributed by atoms with E-state index in [4.69, 9.17) is 13.9 Å². The fourth-order valence-corrected chi connectivity index (χ4v) is 2.05. The van der Waals surface area contributed by atoms with Gasteiger partial charge in [0, 0.05) is 19.9 Å². The fraction of sp³-hybridized carbons (Fsp3) is 0.375. The van der Waals surface area contributed by atoms with E-state index < -0.39 is 0 Å². The van der Waals surface area contributed by atoms with Crippen molar-refractivity contribution >= 4 is 5.91 Å². The first-order chi connectivity index (χ1) is 10.6. The van der Waals surface area contributed by atoms with Gasteiger partial charge in [0.15, 0.2) is 24.0 Å². The highest BCUT2D eigenvalue weighted by Crippen LogP contribution is 2.25. The van der Waals surface area contributed by atoms with Gasteiger partial charge in [-0.1, -0.05) is 12.1 Å². The Bertz CT molecular complexity index is 637. The van der Waals surface area contributed by atoms with Crippen LogP contribution in [0.15, 0.2) is 28.7 Å². The maximum Gasteiger partial charge on any atom is 0.257 e. The summed E-state index contributed by atoms with van der Waals surface area (Å²) >= 11 is 0. The Hall–Kier alpha value is -2.50. The van der Waals surface area contributed by atoms with Gasteiger partial charge < -0.3 is 19.2 Å². The van der Waals surface area contributed by atoms with Gasteiger partial charge in [0.25, 0.3) is 5.91 Å². The Labute approximate surface area is 129 Å². The highest BCUT2D eigenvalue weighted by atomic mass is 16.5. The summed E-state index contributed by atoms with van der Waals surface area (Å²) in [6.45, 7) is 4.10. The van der Waals surface area contributed by atoms with Crippen molar-refractivity contribution in [3.05, 3.63) is 41.6 Å². The van der Waals surface area contributed by atoms with Crippen molar-refractivity contribution in [2.45, 2.75) is 20.3 Å². The lowest BCUT2D eigenvalue weighted by Crippen LogP contribution is -2.30. The predicted molar refractivity (Wildman–Crippen MR) is 81.2 cm³/mol. The summed E-state index contributed by atoms with van der Waals surface area (Å²) in [6.07, 6.45) is 0.604. The molecule has 6 heteroatoms. The first kappa shape index (κ1) is 15.9. The minimum Gasteiger partial charge on any atom is -0.493 e. The van der Waals surface area contributed by atoms with Crippen LogP contribution in [0, 0.1) is 13.8 Å². The molecule has 1 amide bonds. The smallest absolute Gasteiger partial charge is 0.257 e. The van der Waals surface area contributed by atoms with Gasteiger partial charge in [0.2, 0.25) is 0 Å². The molecule has 0 atom stereocenters. The van der Waals surface area contributed by atoms with Crippen molar-refractivity contribution in [3.8, 4) is 11.5 Å². The summed E-state index contributed by atoms with van der Waals surface area (Å²) in [5.41, 5.74) is 0.858. The maximum absolute atomic E-state index is 11.8. The number of carbonyl (C=O) groups is 1. The van der Waals surface area contributed by atoms with Gasteiger partial charge in [0.05, 0.1) is 12.8 Å². The second-order valence-electron chi connectivity index (χ2n) is 4.78. The van der Waals surface area contributed by atoms with Crippen LogP contribution in [0.2, 0.25) is 0 Å². The van der Waals surface area contributed by atoms with Crippen molar-refractivity contribution in [1.29, 1.82) is 0 Å². The van der Waals surface area contributed by atoms with Gasteiger partial charge in [-0.25, -0.2) is 4.98 Å². The van der Waals surface area contributed by atoms with E-state index in [2.05, 4.69) is 10.3 Å². The number of ether oxygens (including phenoxy) is 2. The van der Waals surface area contributed by atoms with Crippen LogP contribution in [0.1, 0.15) is 17.3 Å². The molecule has 0 unspecified atom stereocenters. The second-order valence-corrected chi connectivity index (χ2v) is 4.78. The summed E-state index contributed by atoms with van der Waals surface area (Å²) in [7, 11) is 1.56. The molecular weight excluding hydrogens is 284 g/mol. The van der Waals surface area contributed by atoms with E-state index in [1.54, 1.807) is 26.2 Å². The number of methoxy groups -OCH3 is 1. The lowest BCUT2D eigenvalue weighted by molar-refractivity contribution is -0.123. The molecule has 0 aliphatic heterocycles. The zero-order valence-electron chi connectivity index (χ0n) is 13.0. The van der Waals surface area contributed by atoms with E-state index in [9.17, 15) is 4.79 Å². The van der Waals surface area contributed by atoms with Crippen molar-refractivity contribution in [1.82, 2.24) is 10.3 Å². The third kappa shape index (κ3) is 4.25. The number of oxazole rings is 1. The summed E-state index contributed by atoms with van der Waals surface area (Å²) in [6, 6.07) is 7.20. The number of hydrogen-bond donors (Lipinski definition) is 1. The molecule has 22 heavy (non-hydrogen) atoms. The van der Waals surface area contributed by atoms with Crippen LogP contribution in [0.3, 0.4) is 0 Å². The molecule has 0 radical (unpaired) electrons. The molecule has 0 saturated heterocycles. The molecule has 1 N–H and O–H groups in total. The average molecular weight is 304 g/mol. The molecule has 0 saturated carbocycles. The van der Waals surface area contributed by atoms with Gasteiger partial charge in [-0.3, -0.25) is 4.79 Å². The predicted octanol–water partition coefficient (Wildman–Crippen LogP) is 2.04. The number of nitrogens with one attached hydrogen (secondary N) is 1. The highest BCUT2D eigenvalue weighted by molar-refractivity contribution is 5.77. The number of carbonyl (C=O) groups excluding carboxylic acids is 1. The largest absolute Gasteiger partial charge is 0.493 e. The molecular formula is C16H20N2O4. The van der Waals surface area contributed by atoms with E-state index in [1.165, 1.54) is 0 Å². The Balaban J connectivity index is 1.75. The van der Waals surface area contributed by atoms with Crippen LogP contribution in [-0.4, -0.2) is 31.2 Å².